The molecule has 0 bridgehead atoms. The van der Waals surface area contributed by atoms with Crippen molar-refractivity contribution >= 4 is 11.7 Å². The second-order valence-corrected chi connectivity index (χ2v) is 7.58. The summed E-state index contributed by atoms with van der Waals surface area (Å²) in [4.78, 5) is 18.8. The first kappa shape index (κ1) is 18.5. The number of aromatic nitrogens is 3. The SMILES string of the molecule is O=C(NCC1CCN(c2cc(-c3ccncc3)[nH]n2)CC1)c1ccc2c(c1)OCO2. The van der Waals surface area contributed by atoms with E-state index in [4.69, 9.17) is 9.47 Å². The third-order valence-corrected chi connectivity index (χ3v) is 5.68. The van der Waals surface area contributed by atoms with Gasteiger partial charge >= 0.3 is 0 Å². The lowest BCUT2D eigenvalue weighted by Crippen LogP contribution is -2.38. The molecule has 0 saturated carbocycles. The summed E-state index contributed by atoms with van der Waals surface area (Å²) in [5, 5.41) is 10.6. The normalized spacial score (nSPS) is 15.9. The van der Waals surface area contributed by atoms with Crippen LogP contribution in [0.4, 0.5) is 5.82 Å². The number of anilines is 1. The number of aromatic amines is 1. The zero-order valence-corrected chi connectivity index (χ0v) is 16.5. The van der Waals surface area contributed by atoms with Crippen molar-refractivity contribution in [1.82, 2.24) is 20.5 Å². The zero-order valence-electron chi connectivity index (χ0n) is 16.5. The Morgan fingerprint density at radius 3 is 2.73 bits per heavy atom. The van der Waals surface area contributed by atoms with Crippen LogP contribution in [0.5, 0.6) is 11.5 Å². The number of fused-ring (bicyclic) bond motifs is 1. The Hall–Kier alpha value is -3.55. The monoisotopic (exact) mass is 405 g/mol. The number of rotatable bonds is 5. The average molecular weight is 405 g/mol. The molecule has 1 amide bonds. The van der Waals surface area contributed by atoms with Gasteiger partial charge in [-0.05, 0) is 49.1 Å². The number of carbonyl (C=O) groups excluding carboxylic acids is 1. The van der Waals surface area contributed by atoms with Crippen molar-refractivity contribution < 1.29 is 14.3 Å². The molecule has 0 atom stereocenters. The van der Waals surface area contributed by atoms with Gasteiger partial charge in [0.05, 0.1) is 5.69 Å². The van der Waals surface area contributed by atoms with Gasteiger partial charge in [0.1, 0.15) is 0 Å². The Bertz CT molecular complexity index is 1030. The molecule has 1 fully saturated rings. The Kier molecular flexibility index (Phi) is 4.96. The fraction of sp³-hybridized carbons (Fsp3) is 0.318. The molecule has 8 nitrogen and oxygen atoms in total. The Balaban J connectivity index is 1.12. The number of pyridine rings is 1. The lowest BCUT2D eigenvalue weighted by atomic mass is 9.96. The van der Waals surface area contributed by atoms with Crippen LogP contribution in [0.15, 0.2) is 48.8 Å². The van der Waals surface area contributed by atoms with E-state index in [0.717, 1.165) is 43.0 Å². The molecule has 0 spiro atoms. The first-order chi connectivity index (χ1) is 14.8. The highest BCUT2D eigenvalue weighted by atomic mass is 16.7. The van der Waals surface area contributed by atoms with Crippen molar-refractivity contribution in [2.45, 2.75) is 12.8 Å². The topological polar surface area (TPSA) is 92.4 Å². The molecule has 2 aromatic heterocycles. The molecular formula is C22H23N5O3. The van der Waals surface area contributed by atoms with Gasteiger partial charge < -0.3 is 19.7 Å². The van der Waals surface area contributed by atoms with Gasteiger partial charge in [-0.25, -0.2) is 0 Å². The minimum absolute atomic E-state index is 0.0787. The van der Waals surface area contributed by atoms with Crippen LogP contribution in [-0.4, -0.2) is 47.5 Å². The first-order valence-electron chi connectivity index (χ1n) is 10.1. The van der Waals surface area contributed by atoms with E-state index >= 15 is 0 Å². The van der Waals surface area contributed by atoms with Gasteiger partial charge in [-0.1, -0.05) is 0 Å². The number of nitrogens with zero attached hydrogens (tertiary/aromatic N) is 3. The number of H-pyrrole nitrogens is 1. The maximum atomic E-state index is 12.5. The average Bonchev–Trinajstić information content (AvgIpc) is 3.48. The fourth-order valence-electron chi connectivity index (χ4n) is 3.90. The maximum absolute atomic E-state index is 12.5. The summed E-state index contributed by atoms with van der Waals surface area (Å²) < 4.78 is 10.6. The van der Waals surface area contributed by atoms with Crippen LogP contribution in [0.3, 0.4) is 0 Å². The number of piperidine rings is 1. The minimum atomic E-state index is -0.0787. The van der Waals surface area contributed by atoms with E-state index in [0.29, 0.717) is 29.5 Å². The Morgan fingerprint density at radius 2 is 1.90 bits per heavy atom. The van der Waals surface area contributed by atoms with E-state index in [1.807, 2.05) is 12.1 Å². The third-order valence-electron chi connectivity index (χ3n) is 5.68. The van der Waals surface area contributed by atoms with Crippen molar-refractivity contribution in [3.63, 3.8) is 0 Å². The number of benzene rings is 1. The van der Waals surface area contributed by atoms with Gasteiger partial charge in [-0.2, -0.15) is 5.10 Å². The van der Waals surface area contributed by atoms with Gasteiger partial charge in [0, 0.05) is 49.2 Å². The van der Waals surface area contributed by atoms with E-state index in [2.05, 4.69) is 31.5 Å². The number of hydrogen-bond donors (Lipinski definition) is 2. The molecule has 2 aliphatic heterocycles. The van der Waals surface area contributed by atoms with Crippen LogP contribution in [-0.2, 0) is 0 Å². The molecule has 4 heterocycles. The first-order valence-corrected chi connectivity index (χ1v) is 10.1. The van der Waals surface area contributed by atoms with Gasteiger partial charge in [-0.3, -0.25) is 14.9 Å². The maximum Gasteiger partial charge on any atom is 0.251 e. The van der Waals surface area contributed by atoms with Gasteiger partial charge in [0.2, 0.25) is 6.79 Å². The summed E-state index contributed by atoms with van der Waals surface area (Å²) in [7, 11) is 0. The van der Waals surface area contributed by atoms with Crippen LogP contribution in [0.2, 0.25) is 0 Å². The van der Waals surface area contributed by atoms with Crippen molar-refractivity contribution in [2.75, 3.05) is 31.3 Å². The molecule has 2 N–H and O–H groups in total. The number of carbonyl (C=O) groups is 1. The smallest absolute Gasteiger partial charge is 0.251 e. The van der Waals surface area contributed by atoms with Crippen molar-refractivity contribution in [1.29, 1.82) is 0 Å². The van der Waals surface area contributed by atoms with E-state index in [1.54, 1.807) is 30.6 Å². The van der Waals surface area contributed by atoms with Crippen molar-refractivity contribution in [2.24, 2.45) is 5.92 Å². The molecule has 0 unspecified atom stereocenters. The summed E-state index contributed by atoms with van der Waals surface area (Å²) in [5.74, 6) is 2.65. The number of ether oxygens (including phenoxy) is 2. The molecule has 1 saturated heterocycles. The van der Waals surface area contributed by atoms with Crippen LogP contribution >= 0.6 is 0 Å². The van der Waals surface area contributed by atoms with Crippen LogP contribution in [0, 0.1) is 5.92 Å². The van der Waals surface area contributed by atoms with Crippen molar-refractivity contribution in [3.05, 3.63) is 54.4 Å². The largest absolute Gasteiger partial charge is 0.454 e. The van der Waals surface area contributed by atoms with E-state index < -0.39 is 0 Å². The highest BCUT2D eigenvalue weighted by Crippen LogP contribution is 2.32. The lowest BCUT2D eigenvalue weighted by molar-refractivity contribution is 0.0944. The quantitative estimate of drug-likeness (QED) is 0.678. The van der Waals surface area contributed by atoms with Crippen LogP contribution in [0.25, 0.3) is 11.3 Å². The number of amides is 1. The van der Waals surface area contributed by atoms with Crippen LogP contribution in [0.1, 0.15) is 23.2 Å². The summed E-state index contributed by atoms with van der Waals surface area (Å²) in [5.41, 5.74) is 2.66. The molecule has 1 aromatic carbocycles. The fourth-order valence-corrected chi connectivity index (χ4v) is 3.90. The Labute approximate surface area is 174 Å². The molecule has 5 rings (SSSR count). The Morgan fingerprint density at radius 1 is 1.10 bits per heavy atom. The molecular weight excluding hydrogens is 382 g/mol. The van der Waals surface area contributed by atoms with Gasteiger partial charge in [0.25, 0.3) is 5.91 Å². The molecule has 2 aliphatic rings. The van der Waals surface area contributed by atoms with E-state index in [1.165, 1.54) is 0 Å². The van der Waals surface area contributed by atoms with E-state index in [9.17, 15) is 4.79 Å². The van der Waals surface area contributed by atoms with Gasteiger partial charge in [-0.15, -0.1) is 0 Å². The van der Waals surface area contributed by atoms with E-state index in [-0.39, 0.29) is 12.7 Å². The molecule has 0 radical (unpaired) electrons. The predicted molar refractivity (Wildman–Crippen MR) is 112 cm³/mol. The summed E-state index contributed by atoms with van der Waals surface area (Å²) in [6.45, 7) is 2.72. The molecule has 154 valence electrons. The standard InChI is InChI=1S/C22H23N5O3/c28-22(17-1-2-19-20(11-17)30-14-29-19)24-13-15-5-9-27(10-6-15)21-12-18(25-26-21)16-3-7-23-8-4-16/h1-4,7-8,11-12,15H,5-6,9-10,13-14H2,(H,24,28)(H,25,26). The summed E-state index contributed by atoms with van der Waals surface area (Å²) in [6, 6.07) is 11.3. The molecule has 3 aromatic rings. The molecule has 30 heavy (non-hydrogen) atoms. The predicted octanol–water partition coefficient (Wildman–Crippen LogP) is 2.85. The zero-order chi connectivity index (χ0) is 20.3. The molecule has 8 heteroatoms. The summed E-state index contributed by atoms with van der Waals surface area (Å²) in [6.07, 6.45) is 5.58. The highest BCUT2D eigenvalue weighted by Gasteiger charge is 2.22. The summed E-state index contributed by atoms with van der Waals surface area (Å²) >= 11 is 0. The van der Waals surface area contributed by atoms with Crippen LogP contribution < -0.4 is 19.7 Å². The van der Waals surface area contributed by atoms with Gasteiger partial charge in [0.15, 0.2) is 17.3 Å². The third kappa shape index (κ3) is 3.80. The van der Waals surface area contributed by atoms with Crippen molar-refractivity contribution in [3.8, 4) is 22.8 Å². The lowest BCUT2D eigenvalue weighted by Gasteiger charge is -2.32. The second-order valence-electron chi connectivity index (χ2n) is 7.58. The number of hydrogen-bond acceptors (Lipinski definition) is 6. The highest BCUT2D eigenvalue weighted by molar-refractivity contribution is 5.94. The number of nitrogens with one attached hydrogen (secondary N) is 2. The second kappa shape index (κ2) is 8.06. The molecule has 0 aliphatic carbocycles. The minimum Gasteiger partial charge on any atom is -0.454 e.